The molecule has 0 unspecified atom stereocenters. The number of pyridine rings is 1. The lowest BCUT2D eigenvalue weighted by Crippen LogP contribution is -2.13. The topological polar surface area (TPSA) is 79.5 Å². The number of halogens is 2. The van der Waals surface area contributed by atoms with Gasteiger partial charge in [-0.1, -0.05) is 23.7 Å². The number of phenolic OH excluding ortho intramolecular Hbond substituents is 1. The number of aromatic nitrogens is 3. The Bertz CT molecular complexity index is 1180. The van der Waals surface area contributed by atoms with Crippen LogP contribution in [0.1, 0.15) is 10.4 Å². The number of hydrogen-bond donors (Lipinski definition) is 2. The third kappa shape index (κ3) is 3.09. The van der Waals surface area contributed by atoms with Crippen molar-refractivity contribution < 1.29 is 14.3 Å². The summed E-state index contributed by atoms with van der Waals surface area (Å²) in [7, 11) is 0. The van der Waals surface area contributed by atoms with Crippen LogP contribution in [0.2, 0.25) is 5.02 Å². The van der Waals surface area contributed by atoms with Crippen LogP contribution >= 0.6 is 11.6 Å². The van der Waals surface area contributed by atoms with E-state index in [4.69, 9.17) is 11.6 Å². The van der Waals surface area contributed by atoms with E-state index in [-0.39, 0.29) is 34.0 Å². The van der Waals surface area contributed by atoms with Crippen molar-refractivity contribution in [3.63, 3.8) is 0 Å². The molecule has 2 heterocycles. The molecule has 27 heavy (non-hydrogen) atoms. The third-order valence-electron chi connectivity index (χ3n) is 4.00. The number of hydrogen-bond acceptors (Lipinski definition) is 4. The summed E-state index contributed by atoms with van der Waals surface area (Å²) in [5, 5.41) is 20.9. The van der Waals surface area contributed by atoms with Crippen LogP contribution in [-0.2, 0) is 0 Å². The molecular weight excluding hydrogens is 371 g/mol. The standard InChI is InChI=1S/C19H12ClFN4O2/c20-11-7-8-16(26)15(10-11)22-19(27)13-5-3-9-25-17(23-24-18(13)25)12-4-1-2-6-14(12)21/h1-10,26H,(H,22,27). The van der Waals surface area contributed by atoms with E-state index in [0.29, 0.717) is 5.02 Å². The van der Waals surface area contributed by atoms with E-state index < -0.39 is 11.7 Å². The lowest BCUT2D eigenvalue weighted by atomic mass is 10.2. The number of anilines is 1. The van der Waals surface area contributed by atoms with Crippen molar-refractivity contribution in [2.24, 2.45) is 0 Å². The highest BCUT2D eigenvalue weighted by molar-refractivity contribution is 6.31. The molecule has 4 aromatic rings. The van der Waals surface area contributed by atoms with Crippen molar-refractivity contribution >= 4 is 28.8 Å². The third-order valence-corrected chi connectivity index (χ3v) is 4.24. The Morgan fingerprint density at radius 1 is 1.11 bits per heavy atom. The minimum absolute atomic E-state index is 0.117. The summed E-state index contributed by atoms with van der Waals surface area (Å²) in [5.74, 6) is -0.785. The van der Waals surface area contributed by atoms with E-state index in [9.17, 15) is 14.3 Å². The van der Waals surface area contributed by atoms with E-state index in [1.165, 1.54) is 28.7 Å². The Morgan fingerprint density at radius 2 is 1.93 bits per heavy atom. The van der Waals surface area contributed by atoms with Crippen molar-refractivity contribution in [1.82, 2.24) is 14.6 Å². The molecule has 0 aliphatic heterocycles. The van der Waals surface area contributed by atoms with Crippen LogP contribution in [0.5, 0.6) is 5.75 Å². The van der Waals surface area contributed by atoms with Gasteiger partial charge in [0.05, 0.1) is 16.8 Å². The zero-order valence-corrected chi connectivity index (χ0v) is 14.5. The fourth-order valence-corrected chi connectivity index (χ4v) is 2.89. The monoisotopic (exact) mass is 382 g/mol. The quantitative estimate of drug-likeness (QED) is 0.522. The van der Waals surface area contributed by atoms with E-state index in [1.54, 1.807) is 36.5 Å². The predicted octanol–water partition coefficient (Wildman–Crippen LogP) is 4.15. The molecule has 8 heteroatoms. The second-order valence-corrected chi connectivity index (χ2v) is 6.17. The van der Waals surface area contributed by atoms with Crippen molar-refractivity contribution in [2.75, 3.05) is 5.32 Å². The molecule has 2 N–H and O–H groups in total. The van der Waals surface area contributed by atoms with Crippen molar-refractivity contribution in [3.8, 4) is 17.1 Å². The fourth-order valence-electron chi connectivity index (χ4n) is 2.72. The van der Waals surface area contributed by atoms with Crippen LogP contribution in [0.15, 0.2) is 60.8 Å². The SMILES string of the molecule is O=C(Nc1cc(Cl)ccc1O)c1cccn2c(-c3ccccc3F)nnc12. The van der Waals surface area contributed by atoms with Gasteiger partial charge in [-0.25, -0.2) is 4.39 Å². The molecule has 134 valence electrons. The zero-order chi connectivity index (χ0) is 19.0. The van der Waals surface area contributed by atoms with E-state index in [0.717, 1.165) is 0 Å². The number of phenols is 1. The van der Waals surface area contributed by atoms with Crippen molar-refractivity contribution in [3.05, 3.63) is 77.2 Å². The molecule has 6 nitrogen and oxygen atoms in total. The van der Waals surface area contributed by atoms with E-state index in [1.807, 2.05) is 0 Å². The van der Waals surface area contributed by atoms with Crippen LogP contribution < -0.4 is 5.32 Å². The second-order valence-electron chi connectivity index (χ2n) is 5.73. The van der Waals surface area contributed by atoms with Crippen LogP contribution in [0.3, 0.4) is 0 Å². The van der Waals surface area contributed by atoms with Crippen LogP contribution in [0.25, 0.3) is 17.0 Å². The summed E-state index contributed by atoms with van der Waals surface area (Å²) in [6.07, 6.45) is 1.64. The number of amides is 1. The van der Waals surface area contributed by atoms with Crippen molar-refractivity contribution in [2.45, 2.75) is 0 Å². The van der Waals surface area contributed by atoms with Crippen molar-refractivity contribution in [1.29, 1.82) is 0 Å². The molecule has 4 rings (SSSR count). The summed E-state index contributed by atoms with van der Waals surface area (Å²) < 4.78 is 15.6. The Hall–Kier alpha value is -3.45. The van der Waals surface area contributed by atoms with Gasteiger partial charge < -0.3 is 10.4 Å². The number of nitrogens with one attached hydrogen (secondary N) is 1. The molecular formula is C19H12ClFN4O2. The largest absolute Gasteiger partial charge is 0.506 e. The van der Waals surface area contributed by atoms with Gasteiger partial charge in [0.15, 0.2) is 11.5 Å². The molecule has 0 saturated carbocycles. The molecule has 0 aliphatic rings. The van der Waals surface area contributed by atoms with Gasteiger partial charge in [0.1, 0.15) is 11.6 Å². The zero-order valence-electron chi connectivity index (χ0n) is 13.7. The van der Waals surface area contributed by atoms with Crippen LogP contribution in [0, 0.1) is 5.82 Å². The smallest absolute Gasteiger partial charge is 0.259 e. The second kappa shape index (κ2) is 6.69. The van der Waals surface area contributed by atoms with E-state index >= 15 is 0 Å². The number of carbonyl (C=O) groups is 1. The highest BCUT2D eigenvalue weighted by atomic mass is 35.5. The summed E-state index contributed by atoms with van der Waals surface area (Å²) in [4.78, 5) is 12.7. The Morgan fingerprint density at radius 3 is 2.74 bits per heavy atom. The predicted molar refractivity (Wildman–Crippen MR) is 99.5 cm³/mol. The lowest BCUT2D eigenvalue weighted by molar-refractivity contribution is 0.102. The molecule has 0 radical (unpaired) electrons. The normalized spacial score (nSPS) is 10.9. The molecule has 0 bridgehead atoms. The summed E-state index contributed by atoms with van der Waals surface area (Å²) >= 11 is 5.90. The fraction of sp³-hybridized carbons (Fsp3) is 0. The Balaban J connectivity index is 1.76. The number of carbonyl (C=O) groups excluding carboxylic acids is 1. The molecule has 2 aromatic heterocycles. The summed E-state index contributed by atoms with van der Waals surface area (Å²) in [6.45, 7) is 0. The average Bonchev–Trinajstić information content (AvgIpc) is 3.09. The summed E-state index contributed by atoms with van der Waals surface area (Å²) in [6, 6.07) is 13.7. The summed E-state index contributed by atoms with van der Waals surface area (Å²) in [5.41, 5.74) is 0.917. The first-order valence-corrected chi connectivity index (χ1v) is 8.31. The van der Waals surface area contributed by atoms with Crippen LogP contribution in [-0.4, -0.2) is 25.6 Å². The minimum Gasteiger partial charge on any atom is -0.506 e. The number of fused-ring (bicyclic) bond motifs is 1. The highest BCUT2D eigenvalue weighted by Crippen LogP contribution is 2.28. The first kappa shape index (κ1) is 17.0. The van der Waals surface area contributed by atoms with Gasteiger partial charge in [-0.3, -0.25) is 9.20 Å². The molecule has 0 saturated heterocycles. The van der Waals surface area contributed by atoms with Gasteiger partial charge in [-0.2, -0.15) is 0 Å². The Kier molecular flexibility index (Phi) is 4.21. The maximum absolute atomic E-state index is 14.1. The van der Waals surface area contributed by atoms with Gasteiger partial charge >= 0.3 is 0 Å². The maximum atomic E-state index is 14.1. The minimum atomic E-state index is -0.509. The molecule has 0 aliphatic carbocycles. The number of aromatic hydroxyl groups is 1. The van der Waals surface area contributed by atoms with Gasteiger partial charge in [0.25, 0.3) is 5.91 Å². The molecule has 2 aromatic carbocycles. The number of rotatable bonds is 3. The van der Waals surface area contributed by atoms with Gasteiger partial charge in [0.2, 0.25) is 0 Å². The van der Waals surface area contributed by atoms with Crippen LogP contribution in [0.4, 0.5) is 10.1 Å². The Labute approximate surface area is 157 Å². The lowest BCUT2D eigenvalue weighted by Gasteiger charge is -2.08. The molecule has 0 spiro atoms. The first-order chi connectivity index (χ1) is 13.0. The number of benzene rings is 2. The number of nitrogens with zero attached hydrogens (tertiary/aromatic N) is 3. The maximum Gasteiger partial charge on any atom is 0.259 e. The average molecular weight is 383 g/mol. The van der Waals surface area contributed by atoms with Gasteiger partial charge in [-0.15, -0.1) is 10.2 Å². The highest BCUT2D eigenvalue weighted by Gasteiger charge is 2.18. The first-order valence-electron chi connectivity index (χ1n) is 7.93. The molecule has 0 fully saturated rings. The van der Waals surface area contributed by atoms with Gasteiger partial charge in [-0.05, 0) is 42.5 Å². The molecule has 0 atom stereocenters. The van der Waals surface area contributed by atoms with Gasteiger partial charge in [0, 0.05) is 11.2 Å². The van der Waals surface area contributed by atoms with E-state index in [2.05, 4.69) is 15.5 Å². The molecule has 1 amide bonds.